The second kappa shape index (κ2) is 6.99. The Kier molecular flexibility index (Phi) is 5.24. The zero-order valence-corrected chi connectivity index (χ0v) is 13.3. The van der Waals surface area contributed by atoms with Gasteiger partial charge in [-0.1, -0.05) is 12.1 Å². The van der Waals surface area contributed by atoms with Gasteiger partial charge in [-0.15, -0.1) is 0 Å². The molecule has 0 radical (unpaired) electrons. The van der Waals surface area contributed by atoms with E-state index in [2.05, 4.69) is 10.6 Å². The fourth-order valence-corrected chi connectivity index (χ4v) is 2.49. The molecule has 2 aromatic carbocycles. The van der Waals surface area contributed by atoms with E-state index in [4.69, 9.17) is 17.4 Å². The van der Waals surface area contributed by atoms with Crippen LogP contribution < -0.4 is 15.8 Å². The van der Waals surface area contributed by atoms with E-state index in [-0.39, 0.29) is 15.7 Å². The first-order chi connectivity index (χ1) is 10.7. The molecule has 0 aliphatic heterocycles. The van der Waals surface area contributed by atoms with Crippen LogP contribution in [0.1, 0.15) is 5.56 Å². The molecule has 9 heteroatoms. The largest absolute Gasteiger partial charge is 0.358 e. The molecule has 122 valence electrons. The van der Waals surface area contributed by atoms with Crippen LogP contribution in [0.4, 0.5) is 14.5 Å². The van der Waals surface area contributed by atoms with Crippen molar-refractivity contribution >= 4 is 33.0 Å². The van der Waals surface area contributed by atoms with Crippen molar-refractivity contribution in [3.8, 4) is 0 Å². The van der Waals surface area contributed by atoms with Crippen molar-refractivity contribution in [3.05, 3.63) is 59.7 Å². The van der Waals surface area contributed by atoms with Crippen LogP contribution in [-0.4, -0.2) is 13.5 Å². The van der Waals surface area contributed by atoms with Gasteiger partial charge in [-0.2, -0.15) is 0 Å². The molecule has 0 atom stereocenters. The zero-order chi connectivity index (χ0) is 17.0. The smallest absolute Gasteiger partial charge is 0.238 e. The minimum absolute atomic E-state index is 0.0113. The Bertz CT molecular complexity index is 804. The van der Waals surface area contributed by atoms with Crippen LogP contribution >= 0.6 is 12.2 Å². The minimum atomic E-state index is -3.73. The summed E-state index contributed by atoms with van der Waals surface area (Å²) in [6.07, 6.45) is 0. The molecule has 0 saturated heterocycles. The number of sulfonamides is 1. The molecule has 4 N–H and O–H groups in total. The molecule has 5 nitrogen and oxygen atoms in total. The van der Waals surface area contributed by atoms with Gasteiger partial charge < -0.3 is 10.6 Å². The second-order valence-corrected chi connectivity index (χ2v) is 6.62. The van der Waals surface area contributed by atoms with E-state index in [9.17, 15) is 17.2 Å². The van der Waals surface area contributed by atoms with Gasteiger partial charge in [0.2, 0.25) is 10.0 Å². The summed E-state index contributed by atoms with van der Waals surface area (Å²) in [5, 5.41) is 10.7. The molecular formula is C14H13F2N3O2S2. The van der Waals surface area contributed by atoms with Crippen molar-refractivity contribution in [3.63, 3.8) is 0 Å². The van der Waals surface area contributed by atoms with Crippen molar-refractivity contribution < 1.29 is 17.2 Å². The fourth-order valence-electron chi connectivity index (χ4n) is 1.78. The zero-order valence-electron chi connectivity index (χ0n) is 11.7. The van der Waals surface area contributed by atoms with E-state index in [0.29, 0.717) is 6.54 Å². The topological polar surface area (TPSA) is 84.2 Å². The van der Waals surface area contributed by atoms with E-state index >= 15 is 0 Å². The molecule has 0 saturated carbocycles. The lowest BCUT2D eigenvalue weighted by atomic mass is 10.2. The Morgan fingerprint density at radius 1 is 1.09 bits per heavy atom. The fraction of sp³-hybridized carbons (Fsp3) is 0.0714. The van der Waals surface area contributed by atoms with Crippen LogP contribution in [-0.2, 0) is 16.6 Å². The molecule has 0 bridgehead atoms. The summed E-state index contributed by atoms with van der Waals surface area (Å²) in [6, 6.07) is 8.90. The first-order valence-corrected chi connectivity index (χ1v) is 8.32. The monoisotopic (exact) mass is 357 g/mol. The quantitative estimate of drug-likeness (QED) is 0.730. The van der Waals surface area contributed by atoms with Gasteiger partial charge in [0.25, 0.3) is 0 Å². The molecule has 0 unspecified atom stereocenters. The molecule has 0 amide bonds. The lowest BCUT2D eigenvalue weighted by molar-refractivity contribution is 0.584. The maximum absolute atomic E-state index is 13.1. The predicted molar refractivity (Wildman–Crippen MR) is 87.2 cm³/mol. The first-order valence-electron chi connectivity index (χ1n) is 6.37. The summed E-state index contributed by atoms with van der Waals surface area (Å²) in [4.78, 5) is 0.0113. The van der Waals surface area contributed by atoms with Crippen molar-refractivity contribution in [2.75, 3.05) is 5.32 Å². The number of benzene rings is 2. The number of nitrogens with two attached hydrogens (primary N) is 1. The van der Waals surface area contributed by atoms with Gasteiger partial charge in [0.05, 0.1) is 4.90 Å². The molecule has 0 aromatic heterocycles. The number of hydrogen-bond acceptors (Lipinski definition) is 3. The molecule has 2 aromatic rings. The van der Waals surface area contributed by atoms with Crippen LogP contribution in [0, 0.1) is 11.6 Å². The Hall–Kier alpha value is -2.10. The van der Waals surface area contributed by atoms with Crippen molar-refractivity contribution in [1.82, 2.24) is 5.32 Å². The van der Waals surface area contributed by atoms with Crippen LogP contribution in [0.5, 0.6) is 0 Å². The SMILES string of the molecule is NS(=O)(=O)c1ccc(CNC(=S)Nc2cc(F)cc(F)c2)cc1. The summed E-state index contributed by atoms with van der Waals surface area (Å²) >= 11 is 5.02. The minimum Gasteiger partial charge on any atom is -0.358 e. The standard InChI is InChI=1S/C14H13F2N3O2S2/c15-10-5-11(16)7-12(6-10)19-14(22)18-8-9-1-3-13(4-2-9)23(17,20)21/h1-7H,8H2,(H2,17,20,21)(H2,18,19,22). The maximum atomic E-state index is 13.1. The van der Waals surface area contributed by atoms with Gasteiger partial charge in [-0.05, 0) is 42.0 Å². The molecule has 2 rings (SSSR count). The molecule has 23 heavy (non-hydrogen) atoms. The third-order valence-electron chi connectivity index (χ3n) is 2.83. The number of halogens is 2. The van der Waals surface area contributed by atoms with Gasteiger partial charge in [0, 0.05) is 18.3 Å². The van der Waals surface area contributed by atoms with Gasteiger partial charge >= 0.3 is 0 Å². The maximum Gasteiger partial charge on any atom is 0.238 e. The number of hydrogen-bond donors (Lipinski definition) is 3. The van der Waals surface area contributed by atoms with Crippen molar-refractivity contribution in [1.29, 1.82) is 0 Å². The summed E-state index contributed by atoms with van der Waals surface area (Å²) in [6.45, 7) is 0.300. The van der Waals surface area contributed by atoms with E-state index in [0.717, 1.165) is 23.8 Å². The second-order valence-electron chi connectivity index (χ2n) is 4.65. The first kappa shape index (κ1) is 17.3. The molecular weight excluding hydrogens is 344 g/mol. The lowest BCUT2D eigenvalue weighted by Gasteiger charge is -2.11. The Morgan fingerprint density at radius 3 is 2.17 bits per heavy atom. The van der Waals surface area contributed by atoms with Crippen LogP contribution in [0.25, 0.3) is 0 Å². The lowest BCUT2D eigenvalue weighted by Crippen LogP contribution is -2.28. The molecule has 0 aliphatic carbocycles. The summed E-state index contributed by atoms with van der Waals surface area (Å²) in [7, 11) is -3.73. The Balaban J connectivity index is 1.94. The number of thiocarbonyl (C=S) groups is 1. The normalized spacial score (nSPS) is 11.1. The summed E-state index contributed by atoms with van der Waals surface area (Å²) in [5.74, 6) is -1.43. The van der Waals surface area contributed by atoms with E-state index in [1.54, 1.807) is 12.1 Å². The van der Waals surface area contributed by atoms with Crippen LogP contribution in [0.3, 0.4) is 0 Å². The Labute approximate surface area is 137 Å². The Morgan fingerprint density at radius 2 is 1.65 bits per heavy atom. The molecule has 0 heterocycles. The molecule has 0 fully saturated rings. The highest BCUT2D eigenvalue weighted by atomic mass is 32.2. The highest BCUT2D eigenvalue weighted by Gasteiger charge is 2.07. The van der Waals surface area contributed by atoms with Crippen LogP contribution in [0.15, 0.2) is 47.4 Å². The number of primary sulfonamides is 1. The summed E-state index contributed by atoms with van der Waals surface area (Å²) < 4.78 is 48.4. The van der Waals surface area contributed by atoms with E-state index < -0.39 is 21.7 Å². The predicted octanol–water partition coefficient (Wildman–Crippen LogP) is 2.10. The highest BCUT2D eigenvalue weighted by Crippen LogP contribution is 2.13. The van der Waals surface area contributed by atoms with E-state index in [1.165, 1.54) is 12.1 Å². The number of nitrogens with one attached hydrogen (secondary N) is 2. The average Bonchev–Trinajstić information content (AvgIpc) is 2.43. The van der Waals surface area contributed by atoms with Gasteiger partial charge in [0.15, 0.2) is 5.11 Å². The molecule has 0 spiro atoms. The van der Waals surface area contributed by atoms with E-state index in [1.807, 2.05) is 0 Å². The average molecular weight is 357 g/mol. The van der Waals surface area contributed by atoms with Crippen LogP contribution in [0.2, 0.25) is 0 Å². The van der Waals surface area contributed by atoms with Gasteiger partial charge in [-0.25, -0.2) is 22.3 Å². The molecule has 0 aliphatic rings. The van der Waals surface area contributed by atoms with Gasteiger partial charge in [0.1, 0.15) is 11.6 Å². The van der Waals surface area contributed by atoms with Crippen molar-refractivity contribution in [2.45, 2.75) is 11.4 Å². The van der Waals surface area contributed by atoms with Gasteiger partial charge in [-0.3, -0.25) is 0 Å². The van der Waals surface area contributed by atoms with Crippen molar-refractivity contribution in [2.24, 2.45) is 5.14 Å². The third-order valence-corrected chi connectivity index (χ3v) is 4.00. The summed E-state index contributed by atoms with van der Waals surface area (Å²) in [5.41, 5.74) is 0.941. The third kappa shape index (κ3) is 5.23. The number of rotatable bonds is 4. The number of anilines is 1. The highest BCUT2D eigenvalue weighted by molar-refractivity contribution is 7.89.